The molecule has 2 unspecified atom stereocenters. The lowest BCUT2D eigenvalue weighted by atomic mass is 9.63. The van der Waals surface area contributed by atoms with Crippen LogP contribution < -0.4 is 10.6 Å². The van der Waals surface area contributed by atoms with E-state index in [1.807, 2.05) is 47.4 Å². The topological polar surface area (TPSA) is 61.4 Å². The maximum absolute atomic E-state index is 14.3. The molecular weight excluding hydrogens is 482 g/mol. The molecule has 2 N–H and O–H groups in total. The van der Waals surface area contributed by atoms with Crippen molar-refractivity contribution in [1.29, 1.82) is 0 Å². The Labute approximate surface area is 231 Å². The molecule has 5 heteroatoms. The van der Waals surface area contributed by atoms with Crippen LogP contribution >= 0.6 is 0 Å². The Morgan fingerprint density at radius 2 is 1.49 bits per heavy atom. The molecule has 6 rings (SSSR count). The van der Waals surface area contributed by atoms with Gasteiger partial charge in [0.2, 0.25) is 11.8 Å². The van der Waals surface area contributed by atoms with Crippen LogP contribution in [0.2, 0.25) is 0 Å². The molecule has 3 aromatic carbocycles. The molecule has 2 atom stereocenters. The van der Waals surface area contributed by atoms with Gasteiger partial charge in [0.1, 0.15) is 0 Å². The third-order valence-electron chi connectivity index (χ3n) is 9.21. The van der Waals surface area contributed by atoms with Gasteiger partial charge in [-0.05, 0) is 54.9 Å². The molecule has 0 bridgehead atoms. The van der Waals surface area contributed by atoms with Crippen LogP contribution in [-0.4, -0.2) is 41.9 Å². The highest BCUT2D eigenvalue weighted by Gasteiger charge is 2.52. The Morgan fingerprint density at radius 1 is 0.846 bits per heavy atom. The van der Waals surface area contributed by atoms with Crippen LogP contribution in [0.4, 0.5) is 0 Å². The third-order valence-corrected chi connectivity index (χ3v) is 9.21. The first-order valence-electron chi connectivity index (χ1n) is 14.3. The number of carbonyl (C=O) groups excluding carboxylic acids is 2. The molecule has 200 valence electrons. The van der Waals surface area contributed by atoms with Crippen LogP contribution in [0.3, 0.4) is 0 Å². The van der Waals surface area contributed by atoms with Gasteiger partial charge < -0.3 is 15.5 Å². The predicted octanol–water partition coefficient (Wildman–Crippen LogP) is 5.09. The first-order chi connectivity index (χ1) is 19.1. The van der Waals surface area contributed by atoms with Gasteiger partial charge in [0.05, 0.1) is 11.0 Å². The molecule has 1 saturated heterocycles. The summed E-state index contributed by atoms with van der Waals surface area (Å²) in [7, 11) is 0. The van der Waals surface area contributed by atoms with Gasteiger partial charge >= 0.3 is 0 Å². The van der Waals surface area contributed by atoms with Crippen molar-refractivity contribution in [3.63, 3.8) is 0 Å². The lowest BCUT2D eigenvalue weighted by Gasteiger charge is -2.53. The summed E-state index contributed by atoms with van der Waals surface area (Å²) >= 11 is 0. The van der Waals surface area contributed by atoms with Gasteiger partial charge in [-0.25, -0.2) is 0 Å². The molecule has 0 spiro atoms. The summed E-state index contributed by atoms with van der Waals surface area (Å²) in [5.41, 5.74) is 3.51. The largest absolute Gasteiger partial charge is 0.384 e. The van der Waals surface area contributed by atoms with Gasteiger partial charge in [-0.15, -0.1) is 0 Å². The Morgan fingerprint density at radius 3 is 2.13 bits per heavy atom. The zero-order valence-electron chi connectivity index (χ0n) is 22.4. The van der Waals surface area contributed by atoms with Crippen molar-refractivity contribution in [2.75, 3.05) is 19.6 Å². The number of nitrogens with zero attached hydrogens (tertiary/aromatic N) is 1. The monoisotopic (exact) mass is 519 g/mol. The number of likely N-dealkylation sites (tertiary alicyclic amines) is 1. The second kappa shape index (κ2) is 10.7. The summed E-state index contributed by atoms with van der Waals surface area (Å²) in [6, 6.07) is 30.7. The van der Waals surface area contributed by atoms with Crippen LogP contribution in [0.15, 0.2) is 97.1 Å². The van der Waals surface area contributed by atoms with E-state index in [4.69, 9.17) is 0 Å². The first kappa shape index (κ1) is 25.4. The minimum Gasteiger partial charge on any atom is -0.384 e. The van der Waals surface area contributed by atoms with E-state index < -0.39 is 5.41 Å². The molecule has 3 aliphatic rings. The van der Waals surface area contributed by atoms with E-state index in [-0.39, 0.29) is 17.4 Å². The summed E-state index contributed by atoms with van der Waals surface area (Å²) in [6.07, 6.45) is 6.83. The van der Waals surface area contributed by atoms with Crippen LogP contribution in [0, 0.1) is 5.92 Å². The number of amides is 2. The van der Waals surface area contributed by atoms with E-state index in [0.717, 1.165) is 42.6 Å². The molecular formula is C34H37N3O2. The minimum absolute atomic E-state index is 0.0975. The van der Waals surface area contributed by atoms with E-state index in [9.17, 15) is 9.59 Å². The standard InChI is InChI=1S/C34H37N3O2/c38-31(17-16-26-10-4-1-5-11-26)37-22-20-33(21-23-37,28-14-8-3-9-15-28)32(39)36-34-19-18-29(34)25-35-30(24-34)27-12-6-2-7-13-27/h1-15,24,29,35H,16-23,25H2,(H,36,39). The van der Waals surface area contributed by atoms with Crippen molar-refractivity contribution in [3.8, 4) is 0 Å². The van der Waals surface area contributed by atoms with Gasteiger partial charge in [-0.1, -0.05) is 91.0 Å². The van der Waals surface area contributed by atoms with Gasteiger partial charge in [0.15, 0.2) is 0 Å². The van der Waals surface area contributed by atoms with Crippen LogP contribution in [-0.2, 0) is 21.4 Å². The molecule has 2 amide bonds. The Bertz CT molecular complexity index is 1330. The highest BCUT2D eigenvalue weighted by molar-refractivity contribution is 5.90. The highest BCUT2D eigenvalue weighted by Crippen LogP contribution is 2.45. The van der Waals surface area contributed by atoms with Gasteiger partial charge in [-0.3, -0.25) is 9.59 Å². The van der Waals surface area contributed by atoms with Crippen molar-refractivity contribution in [2.45, 2.75) is 49.5 Å². The summed E-state index contributed by atoms with van der Waals surface area (Å²) in [4.78, 5) is 29.4. The molecule has 1 saturated carbocycles. The average molecular weight is 520 g/mol. The average Bonchev–Trinajstić information content (AvgIpc) is 2.99. The molecule has 2 fully saturated rings. The number of aryl methyl sites for hydroxylation is 1. The number of hydrogen-bond donors (Lipinski definition) is 2. The zero-order valence-corrected chi connectivity index (χ0v) is 22.4. The summed E-state index contributed by atoms with van der Waals surface area (Å²) in [5.74, 6) is 0.661. The second-order valence-electron chi connectivity index (χ2n) is 11.3. The van der Waals surface area contributed by atoms with E-state index in [0.29, 0.717) is 38.3 Å². The number of hydrogen-bond acceptors (Lipinski definition) is 3. The van der Waals surface area contributed by atoms with E-state index in [1.54, 1.807) is 0 Å². The molecule has 0 aromatic heterocycles. The normalized spacial score (nSPS) is 23.4. The molecule has 2 heterocycles. The minimum atomic E-state index is -0.641. The van der Waals surface area contributed by atoms with Crippen LogP contribution in [0.1, 0.15) is 48.8 Å². The SMILES string of the molecule is O=C(CCc1ccccc1)N1CCC(C(=O)NC23C=C(c4ccccc4)NCC2CC3)(c2ccccc2)CC1. The second-order valence-corrected chi connectivity index (χ2v) is 11.3. The first-order valence-corrected chi connectivity index (χ1v) is 14.3. The molecule has 39 heavy (non-hydrogen) atoms. The number of fused-ring (bicyclic) bond motifs is 1. The van der Waals surface area contributed by atoms with E-state index >= 15 is 0 Å². The summed E-state index contributed by atoms with van der Waals surface area (Å²) in [6.45, 7) is 2.06. The smallest absolute Gasteiger partial charge is 0.231 e. The van der Waals surface area contributed by atoms with Crippen molar-refractivity contribution in [2.24, 2.45) is 5.92 Å². The molecule has 1 aliphatic carbocycles. The number of nitrogens with one attached hydrogen (secondary N) is 2. The predicted molar refractivity (Wildman–Crippen MR) is 155 cm³/mol. The van der Waals surface area contributed by atoms with Crippen molar-refractivity contribution in [3.05, 3.63) is 114 Å². The number of carbonyl (C=O) groups is 2. The van der Waals surface area contributed by atoms with Gasteiger partial charge in [-0.2, -0.15) is 0 Å². The van der Waals surface area contributed by atoms with E-state index in [1.165, 1.54) is 5.56 Å². The zero-order chi connectivity index (χ0) is 26.7. The lowest BCUT2D eigenvalue weighted by Crippen LogP contribution is -2.66. The molecule has 5 nitrogen and oxygen atoms in total. The van der Waals surface area contributed by atoms with Crippen LogP contribution in [0.5, 0.6) is 0 Å². The maximum atomic E-state index is 14.3. The fourth-order valence-electron chi connectivity index (χ4n) is 6.61. The summed E-state index contributed by atoms with van der Waals surface area (Å²) in [5, 5.41) is 7.17. The third kappa shape index (κ3) is 4.98. The van der Waals surface area contributed by atoms with Gasteiger partial charge in [0, 0.05) is 37.7 Å². The van der Waals surface area contributed by atoms with Crippen LogP contribution in [0.25, 0.3) is 5.70 Å². The number of benzene rings is 3. The van der Waals surface area contributed by atoms with Gasteiger partial charge in [0.25, 0.3) is 0 Å². The fraction of sp³-hybridized carbons (Fsp3) is 0.353. The molecule has 2 aliphatic heterocycles. The fourth-order valence-corrected chi connectivity index (χ4v) is 6.61. The molecule has 3 aromatic rings. The Kier molecular flexibility index (Phi) is 6.99. The van der Waals surface area contributed by atoms with Crippen molar-refractivity contribution >= 4 is 17.5 Å². The maximum Gasteiger partial charge on any atom is 0.231 e. The number of rotatable bonds is 7. The lowest BCUT2D eigenvalue weighted by molar-refractivity contribution is -0.138. The Balaban J connectivity index is 1.20. The number of piperidine rings is 1. The quantitative estimate of drug-likeness (QED) is 0.457. The van der Waals surface area contributed by atoms with Crippen molar-refractivity contribution < 1.29 is 9.59 Å². The summed E-state index contributed by atoms with van der Waals surface area (Å²) < 4.78 is 0. The van der Waals surface area contributed by atoms with E-state index in [2.05, 4.69) is 65.2 Å². The Hall–Kier alpha value is -3.86. The van der Waals surface area contributed by atoms with Crippen molar-refractivity contribution in [1.82, 2.24) is 15.5 Å². The molecule has 0 radical (unpaired) electrons. The highest BCUT2D eigenvalue weighted by atomic mass is 16.2.